The van der Waals surface area contributed by atoms with Crippen molar-refractivity contribution in [1.82, 2.24) is 0 Å². The summed E-state index contributed by atoms with van der Waals surface area (Å²) in [6.45, 7) is 6.85. The molecule has 2 atom stereocenters. The molecule has 0 radical (unpaired) electrons. The molecule has 2 heterocycles. The molecule has 2 aliphatic rings. The maximum atomic E-state index is 12.6. The summed E-state index contributed by atoms with van der Waals surface area (Å²) < 4.78 is 6.05. The highest BCUT2D eigenvalue weighted by atomic mass is 32.2. The SMILES string of the molecule is CC(C)(C)C(N)C(=O)C1CCOC2(CCSCC2)C1. The largest absolute Gasteiger partial charge is 0.375 e. The molecule has 0 aromatic heterocycles. The number of hydrogen-bond acceptors (Lipinski definition) is 4. The van der Waals surface area contributed by atoms with E-state index < -0.39 is 0 Å². The van der Waals surface area contributed by atoms with Crippen molar-refractivity contribution in [1.29, 1.82) is 0 Å². The van der Waals surface area contributed by atoms with Crippen LogP contribution in [0.2, 0.25) is 0 Å². The predicted molar refractivity (Wildman–Crippen MR) is 80.4 cm³/mol. The minimum absolute atomic E-state index is 0.0264. The van der Waals surface area contributed by atoms with Gasteiger partial charge in [0.15, 0.2) is 5.78 Å². The highest BCUT2D eigenvalue weighted by molar-refractivity contribution is 7.99. The molecule has 2 rings (SSSR count). The molecule has 2 saturated heterocycles. The number of carbonyl (C=O) groups is 1. The first-order chi connectivity index (χ1) is 8.84. The minimum atomic E-state index is -0.356. The third kappa shape index (κ3) is 3.53. The molecule has 2 aliphatic heterocycles. The molecule has 19 heavy (non-hydrogen) atoms. The normalized spacial score (nSPS) is 29.2. The van der Waals surface area contributed by atoms with Crippen molar-refractivity contribution < 1.29 is 9.53 Å². The molecule has 1 spiro atoms. The summed E-state index contributed by atoms with van der Waals surface area (Å²) in [5, 5.41) is 0. The van der Waals surface area contributed by atoms with Crippen LogP contribution in [0.25, 0.3) is 0 Å². The maximum Gasteiger partial charge on any atom is 0.153 e. The van der Waals surface area contributed by atoms with Crippen molar-refractivity contribution in [2.24, 2.45) is 17.1 Å². The van der Waals surface area contributed by atoms with E-state index in [1.54, 1.807) is 0 Å². The van der Waals surface area contributed by atoms with Gasteiger partial charge in [-0.1, -0.05) is 20.8 Å². The summed E-state index contributed by atoms with van der Waals surface area (Å²) >= 11 is 1.99. The van der Waals surface area contributed by atoms with Gasteiger partial charge in [-0.05, 0) is 42.6 Å². The molecule has 0 aromatic rings. The van der Waals surface area contributed by atoms with E-state index in [0.29, 0.717) is 0 Å². The molecular formula is C15H27NO2S. The van der Waals surface area contributed by atoms with Crippen LogP contribution in [-0.4, -0.2) is 35.5 Å². The Bertz CT molecular complexity index is 326. The van der Waals surface area contributed by atoms with Gasteiger partial charge in [0.1, 0.15) is 0 Å². The van der Waals surface area contributed by atoms with Crippen LogP contribution in [-0.2, 0) is 9.53 Å². The van der Waals surface area contributed by atoms with Gasteiger partial charge in [-0.25, -0.2) is 0 Å². The zero-order valence-corrected chi connectivity index (χ0v) is 13.2. The summed E-state index contributed by atoms with van der Waals surface area (Å²) in [5.41, 5.74) is 5.97. The summed E-state index contributed by atoms with van der Waals surface area (Å²) in [6, 6.07) is -0.356. The minimum Gasteiger partial charge on any atom is -0.375 e. The van der Waals surface area contributed by atoms with Gasteiger partial charge in [-0.2, -0.15) is 11.8 Å². The number of rotatable bonds is 2. The Morgan fingerprint density at radius 3 is 2.58 bits per heavy atom. The summed E-state index contributed by atoms with van der Waals surface area (Å²) in [7, 11) is 0. The van der Waals surface area contributed by atoms with Crippen LogP contribution in [0.3, 0.4) is 0 Å². The Labute approximate surface area is 121 Å². The van der Waals surface area contributed by atoms with Gasteiger partial charge >= 0.3 is 0 Å². The summed E-state index contributed by atoms with van der Waals surface area (Å²) in [6.07, 6.45) is 3.91. The van der Waals surface area contributed by atoms with Crippen molar-refractivity contribution in [2.45, 2.75) is 58.1 Å². The predicted octanol–water partition coefficient (Wildman–Crippen LogP) is 2.62. The van der Waals surface area contributed by atoms with Crippen molar-refractivity contribution in [2.75, 3.05) is 18.1 Å². The highest BCUT2D eigenvalue weighted by Crippen LogP contribution is 2.40. The van der Waals surface area contributed by atoms with Crippen LogP contribution >= 0.6 is 11.8 Å². The monoisotopic (exact) mass is 285 g/mol. The van der Waals surface area contributed by atoms with Crippen molar-refractivity contribution >= 4 is 17.5 Å². The standard InChI is InChI=1S/C15H27NO2S/c1-14(2,3)13(16)12(17)11-4-7-18-15(10-11)5-8-19-9-6-15/h11,13H,4-10,16H2,1-3H3. The zero-order chi connectivity index (χ0) is 14.1. The molecule has 0 bridgehead atoms. The molecule has 2 unspecified atom stereocenters. The van der Waals surface area contributed by atoms with E-state index in [1.165, 1.54) is 0 Å². The van der Waals surface area contributed by atoms with E-state index in [0.717, 1.165) is 43.8 Å². The molecule has 4 heteroatoms. The highest BCUT2D eigenvalue weighted by Gasteiger charge is 2.43. The number of thioether (sulfide) groups is 1. The van der Waals surface area contributed by atoms with Crippen LogP contribution in [0.15, 0.2) is 0 Å². The Morgan fingerprint density at radius 1 is 1.37 bits per heavy atom. The number of ether oxygens (including phenoxy) is 1. The fourth-order valence-electron chi connectivity index (χ4n) is 3.04. The second-order valence-electron chi connectivity index (χ2n) is 7.08. The third-order valence-corrected chi connectivity index (χ3v) is 5.52. The molecular weight excluding hydrogens is 258 g/mol. The average Bonchev–Trinajstić information content (AvgIpc) is 2.37. The Balaban J connectivity index is 2.02. The summed E-state index contributed by atoms with van der Waals surface area (Å²) in [4.78, 5) is 12.6. The Hall–Kier alpha value is -0.0600. The number of ketones is 1. The van der Waals surface area contributed by atoms with E-state index in [-0.39, 0.29) is 28.8 Å². The topological polar surface area (TPSA) is 52.3 Å². The molecule has 3 nitrogen and oxygen atoms in total. The number of carbonyl (C=O) groups excluding carboxylic acids is 1. The lowest BCUT2D eigenvalue weighted by Gasteiger charge is -2.44. The quantitative estimate of drug-likeness (QED) is 0.847. The Morgan fingerprint density at radius 2 is 2.00 bits per heavy atom. The maximum absolute atomic E-state index is 12.6. The van der Waals surface area contributed by atoms with Crippen molar-refractivity contribution in [3.05, 3.63) is 0 Å². The lowest BCUT2D eigenvalue weighted by molar-refractivity contribution is -0.141. The van der Waals surface area contributed by atoms with E-state index >= 15 is 0 Å². The second-order valence-corrected chi connectivity index (χ2v) is 8.30. The van der Waals surface area contributed by atoms with Gasteiger partial charge < -0.3 is 10.5 Å². The molecule has 0 amide bonds. The third-order valence-electron chi connectivity index (χ3n) is 4.54. The Kier molecular flexibility index (Phi) is 4.63. The smallest absolute Gasteiger partial charge is 0.153 e. The first-order valence-corrected chi connectivity index (χ1v) is 8.51. The van der Waals surface area contributed by atoms with Crippen LogP contribution in [0.5, 0.6) is 0 Å². The second kappa shape index (κ2) is 5.74. The lowest BCUT2D eigenvalue weighted by Crippen LogP contribution is -2.50. The molecule has 110 valence electrons. The van der Waals surface area contributed by atoms with Crippen LogP contribution in [0.1, 0.15) is 46.5 Å². The van der Waals surface area contributed by atoms with Crippen molar-refractivity contribution in [3.63, 3.8) is 0 Å². The van der Waals surface area contributed by atoms with Crippen LogP contribution in [0.4, 0.5) is 0 Å². The van der Waals surface area contributed by atoms with Crippen LogP contribution in [0, 0.1) is 11.3 Å². The van der Waals surface area contributed by atoms with Gasteiger partial charge in [0.25, 0.3) is 0 Å². The van der Waals surface area contributed by atoms with E-state index in [9.17, 15) is 4.79 Å². The first-order valence-electron chi connectivity index (χ1n) is 7.35. The van der Waals surface area contributed by atoms with Gasteiger partial charge in [0, 0.05) is 12.5 Å². The van der Waals surface area contributed by atoms with Gasteiger partial charge in [0.05, 0.1) is 11.6 Å². The van der Waals surface area contributed by atoms with Crippen LogP contribution < -0.4 is 5.73 Å². The number of Topliss-reactive ketones (excluding diaryl/α,β-unsaturated/α-hetero) is 1. The number of nitrogens with two attached hydrogens (primary N) is 1. The van der Waals surface area contributed by atoms with E-state index in [2.05, 4.69) is 0 Å². The first kappa shape index (κ1) is 15.3. The average molecular weight is 285 g/mol. The molecule has 2 fully saturated rings. The van der Waals surface area contributed by atoms with Gasteiger partial charge in [-0.3, -0.25) is 4.79 Å². The molecule has 2 N–H and O–H groups in total. The number of hydrogen-bond donors (Lipinski definition) is 1. The fraction of sp³-hybridized carbons (Fsp3) is 0.933. The van der Waals surface area contributed by atoms with Crippen molar-refractivity contribution in [3.8, 4) is 0 Å². The van der Waals surface area contributed by atoms with Gasteiger partial charge in [-0.15, -0.1) is 0 Å². The molecule has 0 aliphatic carbocycles. The summed E-state index contributed by atoms with van der Waals surface area (Å²) in [5.74, 6) is 2.66. The van der Waals surface area contributed by atoms with E-state index in [1.807, 2.05) is 32.5 Å². The lowest BCUT2D eigenvalue weighted by atomic mass is 9.74. The molecule has 0 aromatic carbocycles. The molecule has 0 saturated carbocycles. The van der Waals surface area contributed by atoms with Gasteiger partial charge in [0.2, 0.25) is 0 Å². The van der Waals surface area contributed by atoms with E-state index in [4.69, 9.17) is 10.5 Å². The fourth-order valence-corrected chi connectivity index (χ4v) is 4.28. The zero-order valence-electron chi connectivity index (χ0n) is 12.4.